The van der Waals surface area contributed by atoms with E-state index in [4.69, 9.17) is 4.74 Å². The zero-order chi connectivity index (χ0) is 11.5. The van der Waals surface area contributed by atoms with Crippen LogP contribution in [-0.4, -0.2) is 18.3 Å². The van der Waals surface area contributed by atoms with E-state index in [-0.39, 0.29) is 6.10 Å². The molecule has 0 aromatic heterocycles. The lowest BCUT2D eigenvalue weighted by atomic mass is 9.87. The molecule has 0 spiro atoms. The highest BCUT2D eigenvalue weighted by molar-refractivity contribution is 5.32. The fraction of sp³-hybridized carbons (Fsp3) is 0.571. The number of hydrogen-bond acceptors (Lipinski definition) is 2. The minimum atomic E-state index is -0.330. The Morgan fingerprint density at radius 2 is 1.94 bits per heavy atom. The molecule has 2 rings (SSSR count). The zero-order valence-electron chi connectivity index (χ0n) is 10.1. The van der Waals surface area contributed by atoms with Crippen LogP contribution in [0.5, 0.6) is 0 Å². The van der Waals surface area contributed by atoms with Crippen LogP contribution in [0.1, 0.15) is 35.6 Å². The summed E-state index contributed by atoms with van der Waals surface area (Å²) in [5.74, 6) is 0.356. The van der Waals surface area contributed by atoms with Gasteiger partial charge in [-0.25, -0.2) is 0 Å². The number of aryl methyl sites for hydroxylation is 2. The number of hydrogen-bond donors (Lipinski definition) is 1. The predicted octanol–water partition coefficient (Wildman–Crippen LogP) is 2.76. The molecule has 0 radical (unpaired) electrons. The lowest BCUT2D eigenvalue weighted by molar-refractivity contribution is 0.00694. The lowest BCUT2D eigenvalue weighted by Gasteiger charge is -2.28. The van der Waals surface area contributed by atoms with Gasteiger partial charge < -0.3 is 9.84 Å². The van der Waals surface area contributed by atoms with Gasteiger partial charge in [0.1, 0.15) is 0 Å². The maximum atomic E-state index is 10.4. The Hall–Kier alpha value is -0.860. The van der Waals surface area contributed by atoms with Crippen molar-refractivity contribution in [1.29, 1.82) is 0 Å². The van der Waals surface area contributed by atoms with Gasteiger partial charge in [0.05, 0.1) is 6.10 Å². The average Bonchev–Trinajstić information content (AvgIpc) is 2.32. The van der Waals surface area contributed by atoms with Gasteiger partial charge in [0.25, 0.3) is 0 Å². The van der Waals surface area contributed by atoms with Gasteiger partial charge in [0.2, 0.25) is 0 Å². The first-order valence-electron chi connectivity index (χ1n) is 6.01. The highest BCUT2D eigenvalue weighted by Gasteiger charge is 2.24. The van der Waals surface area contributed by atoms with Gasteiger partial charge in [0, 0.05) is 13.2 Å². The van der Waals surface area contributed by atoms with Gasteiger partial charge in [0.15, 0.2) is 0 Å². The Kier molecular flexibility index (Phi) is 3.62. The van der Waals surface area contributed by atoms with Crippen molar-refractivity contribution < 1.29 is 9.84 Å². The Bertz CT molecular complexity index is 354. The number of benzene rings is 1. The van der Waals surface area contributed by atoms with E-state index < -0.39 is 0 Å². The molecular formula is C14H20O2. The van der Waals surface area contributed by atoms with Crippen LogP contribution < -0.4 is 0 Å². The number of rotatable bonds is 2. The molecule has 0 bridgehead atoms. The van der Waals surface area contributed by atoms with Gasteiger partial charge >= 0.3 is 0 Å². The van der Waals surface area contributed by atoms with Crippen LogP contribution in [-0.2, 0) is 4.74 Å². The molecule has 0 amide bonds. The first-order valence-corrected chi connectivity index (χ1v) is 6.01. The van der Waals surface area contributed by atoms with Gasteiger partial charge in [-0.15, -0.1) is 0 Å². The Labute approximate surface area is 97.3 Å². The molecule has 1 saturated heterocycles. The van der Waals surface area contributed by atoms with E-state index in [0.29, 0.717) is 5.92 Å². The average molecular weight is 220 g/mol. The summed E-state index contributed by atoms with van der Waals surface area (Å²) in [6.07, 6.45) is 1.60. The lowest BCUT2D eigenvalue weighted by Crippen LogP contribution is -2.22. The summed E-state index contributed by atoms with van der Waals surface area (Å²) >= 11 is 0. The molecule has 0 aliphatic carbocycles. The van der Waals surface area contributed by atoms with Crippen molar-refractivity contribution in [3.63, 3.8) is 0 Å². The van der Waals surface area contributed by atoms with Crippen molar-refractivity contribution in [3.05, 3.63) is 34.9 Å². The molecule has 1 aliphatic heterocycles. The van der Waals surface area contributed by atoms with Crippen molar-refractivity contribution in [2.45, 2.75) is 32.8 Å². The largest absolute Gasteiger partial charge is 0.388 e. The molecule has 1 aromatic rings. The van der Waals surface area contributed by atoms with Crippen molar-refractivity contribution in [3.8, 4) is 0 Å². The highest BCUT2D eigenvalue weighted by atomic mass is 16.5. The Morgan fingerprint density at radius 1 is 1.25 bits per heavy atom. The second-order valence-electron chi connectivity index (χ2n) is 4.75. The summed E-state index contributed by atoms with van der Waals surface area (Å²) < 4.78 is 5.33. The van der Waals surface area contributed by atoms with Crippen LogP contribution >= 0.6 is 0 Å². The SMILES string of the molecule is Cc1ccc(C)c(C(O)C2CCOCC2)c1. The maximum absolute atomic E-state index is 10.4. The maximum Gasteiger partial charge on any atom is 0.0822 e. The molecule has 0 saturated carbocycles. The van der Waals surface area contributed by atoms with Gasteiger partial charge in [-0.05, 0) is 43.7 Å². The molecule has 1 N–H and O–H groups in total. The second-order valence-corrected chi connectivity index (χ2v) is 4.75. The molecule has 1 aromatic carbocycles. The first kappa shape index (κ1) is 11.6. The van der Waals surface area contributed by atoms with E-state index in [2.05, 4.69) is 32.0 Å². The topological polar surface area (TPSA) is 29.5 Å². The first-order chi connectivity index (χ1) is 7.68. The van der Waals surface area contributed by atoms with Crippen molar-refractivity contribution >= 4 is 0 Å². The van der Waals surface area contributed by atoms with Crippen LogP contribution in [0.3, 0.4) is 0 Å². The molecule has 1 unspecified atom stereocenters. The molecule has 88 valence electrons. The molecule has 1 atom stereocenters. The fourth-order valence-electron chi connectivity index (χ4n) is 2.36. The van der Waals surface area contributed by atoms with E-state index in [9.17, 15) is 5.11 Å². The number of aliphatic hydroxyl groups excluding tert-OH is 1. The summed E-state index contributed by atoms with van der Waals surface area (Å²) in [4.78, 5) is 0. The Balaban J connectivity index is 2.18. The van der Waals surface area contributed by atoms with E-state index in [1.807, 2.05) is 0 Å². The predicted molar refractivity (Wildman–Crippen MR) is 64.4 cm³/mol. The standard InChI is InChI=1S/C14H20O2/c1-10-3-4-11(2)13(9-10)14(15)12-5-7-16-8-6-12/h3-4,9,12,14-15H,5-8H2,1-2H3. The molecule has 2 nitrogen and oxygen atoms in total. The summed E-state index contributed by atoms with van der Waals surface area (Å²) in [7, 11) is 0. The molecule has 16 heavy (non-hydrogen) atoms. The molecule has 1 heterocycles. The van der Waals surface area contributed by atoms with Crippen LogP contribution in [0.15, 0.2) is 18.2 Å². The van der Waals surface area contributed by atoms with Gasteiger partial charge in [-0.1, -0.05) is 23.8 Å². The summed E-state index contributed by atoms with van der Waals surface area (Å²) in [6, 6.07) is 6.29. The van der Waals surface area contributed by atoms with Crippen LogP contribution in [0.4, 0.5) is 0 Å². The third kappa shape index (κ3) is 2.45. The highest BCUT2D eigenvalue weighted by Crippen LogP contribution is 2.31. The fourth-order valence-corrected chi connectivity index (χ4v) is 2.36. The van der Waals surface area contributed by atoms with Gasteiger partial charge in [-0.3, -0.25) is 0 Å². The minimum absolute atomic E-state index is 0.330. The molecule has 1 fully saturated rings. The van der Waals surface area contributed by atoms with Gasteiger partial charge in [-0.2, -0.15) is 0 Å². The summed E-state index contributed by atoms with van der Waals surface area (Å²) in [5, 5.41) is 10.4. The summed E-state index contributed by atoms with van der Waals surface area (Å²) in [6.45, 7) is 5.70. The normalized spacial score (nSPS) is 19.7. The number of ether oxygens (including phenoxy) is 1. The Morgan fingerprint density at radius 3 is 2.62 bits per heavy atom. The molecule has 1 aliphatic rings. The van der Waals surface area contributed by atoms with E-state index in [1.165, 1.54) is 11.1 Å². The second kappa shape index (κ2) is 4.98. The van der Waals surface area contributed by atoms with Crippen LogP contribution in [0, 0.1) is 19.8 Å². The summed E-state index contributed by atoms with van der Waals surface area (Å²) in [5.41, 5.74) is 3.49. The van der Waals surface area contributed by atoms with E-state index in [1.54, 1.807) is 0 Å². The van der Waals surface area contributed by atoms with E-state index in [0.717, 1.165) is 31.6 Å². The van der Waals surface area contributed by atoms with E-state index >= 15 is 0 Å². The zero-order valence-corrected chi connectivity index (χ0v) is 10.1. The van der Waals surface area contributed by atoms with Crippen LogP contribution in [0.25, 0.3) is 0 Å². The molecular weight excluding hydrogens is 200 g/mol. The number of aliphatic hydroxyl groups is 1. The quantitative estimate of drug-likeness (QED) is 0.830. The van der Waals surface area contributed by atoms with Crippen molar-refractivity contribution in [2.24, 2.45) is 5.92 Å². The minimum Gasteiger partial charge on any atom is -0.388 e. The monoisotopic (exact) mass is 220 g/mol. The van der Waals surface area contributed by atoms with Crippen molar-refractivity contribution in [1.82, 2.24) is 0 Å². The van der Waals surface area contributed by atoms with Crippen molar-refractivity contribution in [2.75, 3.05) is 13.2 Å². The molecule has 2 heteroatoms. The third-order valence-corrected chi connectivity index (χ3v) is 3.47. The van der Waals surface area contributed by atoms with Crippen LogP contribution in [0.2, 0.25) is 0 Å². The third-order valence-electron chi connectivity index (χ3n) is 3.47. The smallest absolute Gasteiger partial charge is 0.0822 e.